The molecule has 2 fully saturated rings. The summed E-state index contributed by atoms with van der Waals surface area (Å²) in [6, 6.07) is 7.01. The van der Waals surface area contributed by atoms with E-state index < -0.39 is 59.6 Å². The summed E-state index contributed by atoms with van der Waals surface area (Å²) in [7, 11) is 0. The highest BCUT2D eigenvalue weighted by atomic mass is 16.6. The van der Waals surface area contributed by atoms with Crippen molar-refractivity contribution in [3.8, 4) is 0 Å². The highest BCUT2D eigenvalue weighted by Crippen LogP contribution is 2.54. The zero-order valence-electron chi connectivity index (χ0n) is 26.8. The van der Waals surface area contributed by atoms with E-state index in [0.29, 0.717) is 31.5 Å². The van der Waals surface area contributed by atoms with Crippen LogP contribution in [-0.2, 0) is 28.7 Å². The number of cyclic esters (lactones) is 1. The van der Waals surface area contributed by atoms with Gasteiger partial charge in [0.1, 0.15) is 23.7 Å². The number of benzene rings is 1. The number of likely N-dealkylation sites (tertiary alicyclic amines) is 1. The van der Waals surface area contributed by atoms with E-state index in [4.69, 9.17) is 9.47 Å². The topological polar surface area (TPSA) is 125 Å². The van der Waals surface area contributed by atoms with E-state index >= 15 is 0 Å². The number of nitrogens with zero attached hydrogens (tertiary/aromatic N) is 2. The Morgan fingerprint density at radius 2 is 1.84 bits per heavy atom. The standard InChI is InChI=1S/C35H47N3O7/c1-5-6-18-37-19-12-17-35-29(32(41)38(31(35)33(37)42)25(21-39)20-22(2)3)28-26(45-35)15-10-11-16-27(40)36-23(4)30(44-34(28)43)24-13-8-7-9-14-24/h7-10,12-15,17,22-23,25-26,28-31,39H,5-6,11,16,18-21H2,1-4H3,(H,36,40)/b15-10-/t23-,25+,26-,28+,29+,30+,31-,35+/m0/s1. The van der Waals surface area contributed by atoms with Gasteiger partial charge < -0.3 is 29.7 Å². The molecule has 45 heavy (non-hydrogen) atoms. The largest absolute Gasteiger partial charge is 0.455 e. The zero-order chi connectivity index (χ0) is 32.3. The normalized spacial score (nSPS) is 33.4. The van der Waals surface area contributed by atoms with Gasteiger partial charge in [-0.15, -0.1) is 0 Å². The van der Waals surface area contributed by atoms with Crippen LogP contribution in [0.2, 0.25) is 0 Å². The maximum Gasteiger partial charge on any atom is 0.313 e. The number of aliphatic hydroxyl groups is 1. The number of unbranched alkanes of at least 4 members (excludes halogenated alkanes) is 1. The third-order valence-electron chi connectivity index (χ3n) is 9.49. The van der Waals surface area contributed by atoms with Crippen molar-refractivity contribution in [3.63, 3.8) is 0 Å². The first-order valence-corrected chi connectivity index (χ1v) is 16.4. The highest BCUT2D eigenvalue weighted by Gasteiger charge is 2.72. The summed E-state index contributed by atoms with van der Waals surface area (Å²) in [6.07, 6.45) is 8.38. The van der Waals surface area contributed by atoms with Crippen LogP contribution < -0.4 is 5.32 Å². The fourth-order valence-electron chi connectivity index (χ4n) is 7.45. The molecule has 0 radical (unpaired) electrons. The Bertz CT molecular complexity index is 1310. The van der Waals surface area contributed by atoms with Crippen LogP contribution in [0.4, 0.5) is 0 Å². The second kappa shape index (κ2) is 13.9. The molecule has 244 valence electrons. The van der Waals surface area contributed by atoms with Gasteiger partial charge in [0.15, 0.2) is 0 Å². The van der Waals surface area contributed by atoms with E-state index in [1.54, 1.807) is 24.0 Å². The highest BCUT2D eigenvalue weighted by molar-refractivity contribution is 5.99. The second-order valence-corrected chi connectivity index (χ2v) is 13.2. The van der Waals surface area contributed by atoms with Gasteiger partial charge in [0.05, 0.1) is 30.7 Å². The Labute approximate surface area is 265 Å². The summed E-state index contributed by atoms with van der Waals surface area (Å²) in [6.45, 7) is 8.44. The van der Waals surface area contributed by atoms with E-state index in [-0.39, 0.29) is 30.8 Å². The molecule has 0 aliphatic carbocycles. The van der Waals surface area contributed by atoms with Crippen molar-refractivity contribution in [2.24, 2.45) is 17.8 Å². The molecule has 1 aromatic rings. The van der Waals surface area contributed by atoms with Crippen LogP contribution in [0.15, 0.2) is 54.6 Å². The van der Waals surface area contributed by atoms with Crippen molar-refractivity contribution in [2.45, 2.75) is 95.7 Å². The summed E-state index contributed by atoms with van der Waals surface area (Å²) in [5.41, 5.74) is -0.720. The van der Waals surface area contributed by atoms with Crippen LogP contribution >= 0.6 is 0 Å². The van der Waals surface area contributed by atoms with Gasteiger partial charge >= 0.3 is 5.97 Å². The number of allylic oxidation sites excluding steroid dienone is 1. The lowest BCUT2D eigenvalue weighted by Crippen LogP contribution is -2.58. The van der Waals surface area contributed by atoms with Crippen LogP contribution in [0.3, 0.4) is 0 Å². The van der Waals surface area contributed by atoms with Gasteiger partial charge in [-0.2, -0.15) is 0 Å². The molecular weight excluding hydrogens is 574 g/mol. The summed E-state index contributed by atoms with van der Waals surface area (Å²) in [4.78, 5) is 59.5. The fraction of sp³-hybridized carbons (Fsp3) is 0.600. The van der Waals surface area contributed by atoms with Crippen LogP contribution in [0, 0.1) is 17.8 Å². The SMILES string of the molecule is CCCCN1CC=C[C@@]23O[C@H]4/C=C\CCC(=O)N[C@@H](C)[C@H](c5ccccc5)OC(=O)[C@H]4[C@@H]2C(=O)N([C@@H](CO)CC(C)C)[C@H]3C1=O. The Balaban J connectivity index is 1.61. The van der Waals surface area contributed by atoms with Gasteiger partial charge in [-0.05, 0) is 37.7 Å². The van der Waals surface area contributed by atoms with Crippen molar-refractivity contribution in [1.29, 1.82) is 0 Å². The molecule has 10 heteroatoms. The molecule has 4 aliphatic heterocycles. The number of ether oxygens (including phenoxy) is 2. The Kier molecular flexibility index (Phi) is 10.1. The number of hydrogen-bond donors (Lipinski definition) is 2. The first-order chi connectivity index (χ1) is 21.6. The number of amides is 3. The summed E-state index contributed by atoms with van der Waals surface area (Å²) in [5.74, 6) is -3.38. The van der Waals surface area contributed by atoms with E-state index in [2.05, 4.69) is 12.2 Å². The Morgan fingerprint density at radius 1 is 1.09 bits per heavy atom. The van der Waals surface area contributed by atoms with Gasteiger partial charge in [0, 0.05) is 19.5 Å². The first kappa shape index (κ1) is 32.9. The molecule has 5 rings (SSSR count). The van der Waals surface area contributed by atoms with Crippen LogP contribution in [0.5, 0.6) is 0 Å². The van der Waals surface area contributed by atoms with Crippen molar-refractivity contribution >= 4 is 23.7 Å². The van der Waals surface area contributed by atoms with Gasteiger partial charge in [-0.3, -0.25) is 19.2 Å². The maximum absolute atomic E-state index is 14.7. The van der Waals surface area contributed by atoms with Gasteiger partial charge in [0.25, 0.3) is 0 Å². The van der Waals surface area contributed by atoms with Gasteiger partial charge in [-0.1, -0.05) is 81.8 Å². The predicted molar refractivity (Wildman–Crippen MR) is 167 cm³/mol. The third kappa shape index (κ3) is 6.31. The Morgan fingerprint density at radius 3 is 2.53 bits per heavy atom. The molecule has 0 unspecified atom stereocenters. The van der Waals surface area contributed by atoms with Crippen LogP contribution in [0.1, 0.15) is 71.5 Å². The van der Waals surface area contributed by atoms with Crippen LogP contribution in [0.25, 0.3) is 0 Å². The lowest BCUT2D eigenvalue weighted by molar-refractivity contribution is -0.162. The lowest BCUT2D eigenvalue weighted by Gasteiger charge is -2.39. The molecule has 10 nitrogen and oxygen atoms in total. The molecule has 2 N–H and O–H groups in total. The summed E-state index contributed by atoms with van der Waals surface area (Å²) >= 11 is 0. The molecule has 4 aliphatic rings. The molecule has 1 aromatic carbocycles. The van der Waals surface area contributed by atoms with Crippen molar-refractivity contribution < 1.29 is 33.8 Å². The number of aliphatic hydroxyl groups excluding tert-OH is 1. The average molecular weight is 622 g/mol. The van der Waals surface area contributed by atoms with Gasteiger partial charge in [0.2, 0.25) is 17.7 Å². The number of esters is 1. The zero-order valence-corrected chi connectivity index (χ0v) is 26.8. The number of carbonyl (C=O) groups excluding carboxylic acids is 4. The molecule has 0 saturated carbocycles. The van der Waals surface area contributed by atoms with Crippen molar-refractivity contribution in [1.82, 2.24) is 15.1 Å². The first-order valence-electron chi connectivity index (χ1n) is 16.4. The van der Waals surface area contributed by atoms with E-state index in [1.807, 2.05) is 56.3 Å². The molecule has 4 heterocycles. The molecule has 0 bridgehead atoms. The summed E-state index contributed by atoms with van der Waals surface area (Å²) in [5, 5.41) is 13.5. The smallest absolute Gasteiger partial charge is 0.313 e. The minimum Gasteiger partial charge on any atom is -0.455 e. The molecule has 1 spiro atoms. The van der Waals surface area contributed by atoms with E-state index in [9.17, 15) is 24.3 Å². The monoisotopic (exact) mass is 621 g/mol. The molecule has 0 aromatic heterocycles. The molecule has 3 amide bonds. The second-order valence-electron chi connectivity index (χ2n) is 13.2. The minimum atomic E-state index is -1.43. The van der Waals surface area contributed by atoms with Gasteiger partial charge in [-0.25, -0.2) is 0 Å². The van der Waals surface area contributed by atoms with E-state index in [1.165, 1.54) is 4.90 Å². The number of fused-ring (bicyclic) bond motifs is 2. The van der Waals surface area contributed by atoms with Crippen molar-refractivity contribution in [2.75, 3.05) is 19.7 Å². The van der Waals surface area contributed by atoms with E-state index in [0.717, 1.165) is 12.8 Å². The van der Waals surface area contributed by atoms with Crippen molar-refractivity contribution in [3.05, 3.63) is 60.2 Å². The number of carbonyl (C=O) groups is 4. The maximum atomic E-state index is 14.7. The third-order valence-corrected chi connectivity index (χ3v) is 9.49. The van der Waals surface area contributed by atoms with Crippen LogP contribution in [-0.4, -0.2) is 88.1 Å². The molecular formula is C35H47N3O7. The predicted octanol–water partition coefficient (Wildman–Crippen LogP) is 3.31. The lowest BCUT2D eigenvalue weighted by atomic mass is 9.77. The fourth-order valence-corrected chi connectivity index (χ4v) is 7.45. The average Bonchev–Trinajstić information content (AvgIpc) is 3.41. The number of rotatable bonds is 8. The Hall–Kier alpha value is -3.50. The molecule has 2 saturated heterocycles. The number of nitrogens with one attached hydrogen (secondary N) is 1. The summed E-state index contributed by atoms with van der Waals surface area (Å²) < 4.78 is 13.0. The quantitative estimate of drug-likeness (QED) is 0.337. The number of hydrogen-bond acceptors (Lipinski definition) is 7. The minimum absolute atomic E-state index is 0.144. The molecule has 8 atom stereocenters.